The number of fused-ring (bicyclic) bond motifs is 1. The summed E-state index contributed by atoms with van der Waals surface area (Å²) in [5.41, 5.74) is 3.39. The Kier molecular flexibility index (Phi) is 8.98. The van der Waals surface area contributed by atoms with E-state index < -0.39 is 12.0 Å². The van der Waals surface area contributed by atoms with Crippen LogP contribution < -0.4 is 25.4 Å². The Bertz CT molecular complexity index is 1510. The molecule has 4 N–H and O–H groups in total. The Morgan fingerprint density at radius 3 is 2.56 bits per heavy atom. The Morgan fingerprint density at radius 1 is 1.05 bits per heavy atom. The summed E-state index contributed by atoms with van der Waals surface area (Å²) in [6.07, 6.45) is -0.287. The number of carboxylic acid groups (broad SMARTS) is 1. The summed E-state index contributed by atoms with van der Waals surface area (Å²) < 4.78 is 10.7. The third-order valence-corrected chi connectivity index (χ3v) is 6.80. The molecule has 3 aromatic rings. The van der Waals surface area contributed by atoms with Crippen molar-refractivity contribution in [2.45, 2.75) is 19.0 Å². The van der Waals surface area contributed by atoms with Gasteiger partial charge < -0.3 is 35.4 Å². The number of hydrogen-bond donors (Lipinski definition) is 4. The molecule has 0 spiro atoms. The topological polar surface area (TPSA) is 142 Å². The van der Waals surface area contributed by atoms with E-state index in [0.717, 1.165) is 17.8 Å². The van der Waals surface area contributed by atoms with Crippen molar-refractivity contribution in [1.29, 1.82) is 0 Å². The maximum absolute atomic E-state index is 13.5. The van der Waals surface area contributed by atoms with Gasteiger partial charge in [-0.3, -0.25) is 19.4 Å². The smallest absolute Gasteiger partial charge is 0.305 e. The summed E-state index contributed by atoms with van der Waals surface area (Å²) in [6, 6.07) is 16.5. The molecule has 5 rings (SSSR count). The zero-order valence-electron chi connectivity index (χ0n) is 22.5. The van der Waals surface area contributed by atoms with Gasteiger partial charge in [-0.15, -0.1) is 12.4 Å². The number of aliphatic carboxylic acids is 1. The van der Waals surface area contributed by atoms with Gasteiger partial charge in [0.25, 0.3) is 11.8 Å². The number of carbonyl (C=O) groups excluding carboxylic acids is 2. The lowest BCUT2D eigenvalue weighted by atomic mass is 10.0. The van der Waals surface area contributed by atoms with E-state index >= 15 is 0 Å². The molecule has 0 aromatic heterocycles. The average molecular weight is 580 g/mol. The molecule has 214 valence electrons. The second-order valence-corrected chi connectivity index (χ2v) is 9.35. The molecule has 11 nitrogen and oxygen atoms in total. The molecule has 2 aliphatic heterocycles. The number of hydrogen-bond acceptors (Lipinski definition) is 8. The maximum Gasteiger partial charge on any atom is 0.305 e. The number of benzene rings is 3. The summed E-state index contributed by atoms with van der Waals surface area (Å²) in [6.45, 7) is 1.70. The number of methoxy groups -OCH3 is 2. The van der Waals surface area contributed by atoms with Gasteiger partial charge in [0.05, 0.1) is 33.2 Å². The fourth-order valence-electron chi connectivity index (χ4n) is 4.85. The van der Waals surface area contributed by atoms with Crippen molar-refractivity contribution in [3.05, 3.63) is 82.9 Å². The fraction of sp³-hybridized carbons (Fsp3) is 0.241. The lowest BCUT2D eigenvalue weighted by Crippen LogP contribution is -2.31. The van der Waals surface area contributed by atoms with Crippen LogP contribution in [0.25, 0.3) is 0 Å². The maximum atomic E-state index is 13.5. The van der Waals surface area contributed by atoms with E-state index in [1.165, 1.54) is 19.1 Å². The average Bonchev–Trinajstić information content (AvgIpc) is 3.59. The SMILES string of the molecule is COc1ccc(C(CC(=O)O)N2Cc3ccc(NC(=O)c4cccc(NC5=NCCN5)c4)cc3C2=O)cc1OC.Cl. The van der Waals surface area contributed by atoms with Gasteiger partial charge in [0.2, 0.25) is 0 Å². The normalized spacial score (nSPS) is 14.2. The fourth-order valence-corrected chi connectivity index (χ4v) is 4.85. The van der Waals surface area contributed by atoms with Crippen LogP contribution in [-0.2, 0) is 11.3 Å². The molecule has 0 aliphatic carbocycles. The van der Waals surface area contributed by atoms with E-state index in [2.05, 4.69) is 20.9 Å². The Balaban J connectivity index is 0.00000387. The predicted octanol–water partition coefficient (Wildman–Crippen LogP) is 3.92. The van der Waals surface area contributed by atoms with E-state index in [1.54, 1.807) is 54.6 Å². The number of ether oxygens (including phenoxy) is 2. The molecule has 0 radical (unpaired) electrons. The van der Waals surface area contributed by atoms with Crippen molar-refractivity contribution in [3.63, 3.8) is 0 Å². The van der Waals surface area contributed by atoms with Gasteiger partial charge in [-0.25, -0.2) is 0 Å². The number of nitrogens with zero attached hydrogens (tertiary/aromatic N) is 2. The van der Waals surface area contributed by atoms with Crippen LogP contribution in [-0.4, -0.2) is 61.1 Å². The Hall–Kier alpha value is -4.77. The van der Waals surface area contributed by atoms with Crippen molar-refractivity contribution >= 4 is 47.5 Å². The zero-order valence-corrected chi connectivity index (χ0v) is 23.3. The van der Waals surface area contributed by atoms with Crippen LogP contribution in [0.5, 0.6) is 11.5 Å². The number of halogens is 1. The van der Waals surface area contributed by atoms with Gasteiger partial charge >= 0.3 is 5.97 Å². The third-order valence-electron chi connectivity index (χ3n) is 6.80. The monoisotopic (exact) mass is 579 g/mol. The number of nitrogens with one attached hydrogen (secondary N) is 3. The summed E-state index contributed by atoms with van der Waals surface area (Å²) >= 11 is 0. The molecule has 0 bridgehead atoms. The van der Waals surface area contributed by atoms with Crippen LogP contribution in [0.4, 0.5) is 11.4 Å². The number of anilines is 2. The van der Waals surface area contributed by atoms with Crippen molar-refractivity contribution in [2.24, 2.45) is 4.99 Å². The number of aliphatic imine (C=N–C) groups is 1. The minimum absolute atomic E-state index is 0. The number of guanidine groups is 1. The van der Waals surface area contributed by atoms with Gasteiger partial charge in [0.15, 0.2) is 17.5 Å². The summed E-state index contributed by atoms with van der Waals surface area (Å²) in [5, 5.41) is 18.8. The second kappa shape index (κ2) is 12.6. The minimum Gasteiger partial charge on any atom is -0.493 e. The lowest BCUT2D eigenvalue weighted by molar-refractivity contribution is -0.138. The Labute approximate surface area is 243 Å². The highest BCUT2D eigenvalue weighted by molar-refractivity contribution is 6.07. The largest absolute Gasteiger partial charge is 0.493 e. The highest BCUT2D eigenvalue weighted by Crippen LogP contribution is 2.38. The van der Waals surface area contributed by atoms with Crippen molar-refractivity contribution < 1.29 is 29.0 Å². The van der Waals surface area contributed by atoms with Crippen LogP contribution in [0, 0.1) is 0 Å². The van der Waals surface area contributed by atoms with Crippen molar-refractivity contribution in [3.8, 4) is 11.5 Å². The second-order valence-electron chi connectivity index (χ2n) is 9.35. The van der Waals surface area contributed by atoms with Crippen LogP contribution in [0.1, 0.15) is 44.3 Å². The Morgan fingerprint density at radius 2 is 1.85 bits per heavy atom. The molecule has 0 saturated heterocycles. The van der Waals surface area contributed by atoms with E-state index in [9.17, 15) is 19.5 Å². The molecule has 41 heavy (non-hydrogen) atoms. The molecule has 2 heterocycles. The lowest BCUT2D eigenvalue weighted by Gasteiger charge is -2.27. The molecule has 0 fully saturated rings. The van der Waals surface area contributed by atoms with Crippen LogP contribution >= 0.6 is 12.4 Å². The number of rotatable bonds is 9. The van der Waals surface area contributed by atoms with Gasteiger partial charge in [0, 0.05) is 35.6 Å². The first-order valence-corrected chi connectivity index (χ1v) is 12.7. The molecular formula is C29H30ClN5O6. The highest BCUT2D eigenvalue weighted by atomic mass is 35.5. The first-order chi connectivity index (χ1) is 19.4. The first-order valence-electron chi connectivity index (χ1n) is 12.7. The van der Waals surface area contributed by atoms with Gasteiger partial charge in [0.1, 0.15) is 0 Å². The van der Waals surface area contributed by atoms with Crippen molar-refractivity contribution in [1.82, 2.24) is 10.2 Å². The van der Waals surface area contributed by atoms with E-state index in [-0.39, 0.29) is 37.2 Å². The van der Waals surface area contributed by atoms with Crippen LogP contribution in [0.15, 0.2) is 65.7 Å². The molecular weight excluding hydrogens is 550 g/mol. The summed E-state index contributed by atoms with van der Waals surface area (Å²) in [7, 11) is 3.01. The zero-order chi connectivity index (χ0) is 28.2. The van der Waals surface area contributed by atoms with Gasteiger partial charge in [-0.2, -0.15) is 0 Å². The van der Waals surface area contributed by atoms with Gasteiger partial charge in [-0.1, -0.05) is 18.2 Å². The van der Waals surface area contributed by atoms with E-state index in [0.29, 0.717) is 46.4 Å². The predicted molar refractivity (Wildman–Crippen MR) is 156 cm³/mol. The van der Waals surface area contributed by atoms with E-state index in [1.807, 2.05) is 6.07 Å². The van der Waals surface area contributed by atoms with E-state index in [4.69, 9.17) is 9.47 Å². The molecule has 12 heteroatoms. The molecule has 3 aromatic carbocycles. The van der Waals surface area contributed by atoms with Crippen molar-refractivity contribution in [2.75, 3.05) is 37.9 Å². The summed E-state index contributed by atoms with van der Waals surface area (Å²) in [4.78, 5) is 44.1. The highest BCUT2D eigenvalue weighted by Gasteiger charge is 2.35. The number of amides is 2. The van der Waals surface area contributed by atoms with Gasteiger partial charge in [-0.05, 0) is 53.6 Å². The quantitative estimate of drug-likeness (QED) is 0.299. The minimum atomic E-state index is -1.04. The molecule has 1 unspecified atom stereocenters. The third kappa shape index (κ3) is 6.36. The number of carboxylic acids is 1. The molecule has 1 atom stereocenters. The molecule has 2 aliphatic rings. The standard InChI is InChI=1S/C29H29N5O6.ClH/c1-39-24-9-7-17(13-25(24)40-2)23(15-26(35)36)34-16-19-6-8-21(14-22(19)28(34)38)32-27(37)18-4-3-5-20(12-18)33-29-30-10-11-31-29;/h3-9,12-14,23H,10-11,15-16H2,1-2H3,(H,32,37)(H,35,36)(H2,30,31,33);1H. The first kappa shape index (κ1) is 29.2. The van der Waals surface area contributed by atoms with Crippen LogP contribution in [0.2, 0.25) is 0 Å². The summed E-state index contributed by atoms with van der Waals surface area (Å²) in [5.74, 6) is -0.0830. The molecule has 2 amide bonds. The van der Waals surface area contributed by atoms with Crippen LogP contribution in [0.3, 0.4) is 0 Å². The number of carbonyl (C=O) groups is 3. The molecule has 0 saturated carbocycles.